The van der Waals surface area contributed by atoms with Gasteiger partial charge in [-0.05, 0) is 36.8 Å². The Morgan fingerprint density at radius 1 is 1.14 bits per heavy atom. The quantitative estimate of drug-likeness (QED) is 0.496. The maximum Gasteiger partial charge on any atom is 0.310 e. The number of hydrogen-bond acceptors (Lipinski definition) is 5. The highest BCUT2D eigenvalue weighted by Gasteiger charge is 2.16. The van der Waals surface area contributed by atoms with E-state index >= 15 is 0 Å². The molecule has 0 aliphatic carbocycles. The fraction of sp³-hybridized carbons (Fsp3) is 0.200. The van der Waals surface area contributed by atoms with Crippen LogP contribution in [0, 0.1) is 6.92 Å². The van der Waals surface area contributed by atoms with Crippen LogP contribution in [-0.2, 0) is 29.6 Å². The first-order valence-corrected chi connectivity index (χ1v) is 9.05. The second-order valence-electron chi connectivity index (χ2n) is 6.60. The van der Waals surface area contributed by atoms with Crippen molar-refractivity contribution in [3.05, 3.63) is 74.8 Å². The highest BCUT2D eigenvalue weighted by molar-refractivity contribution is 6.30. The van der Waals surface area contributed by atoms with Crippen molar-refractivity contribution in [1.82, 2.24) is 19.2 Å². The number of benzene rings is 2. The Balaban J connectivity index is 1.64. The van der Waals surface area contributed by atoms with E-state index in [0.717, 1.165) is 11.1 Å². The summed E-state index contributed by atoms with van der Waals surface area (Å²) in [5.41, 5.74) is 2.32. The molecule has 0 N–H and O–H groups in total. The summed E-state index contributed by atoms with van der Waals surface area (Å²) in [7, 11) is 1.64. The van der Waals surface area contributed by atoms with Crippen LogP contribution >= 0.6 is 11.6 Å². The highest BCUT2D eigenvalue weighted by atomic mass is 35.5. The van der Waals surface area contributed by atoms with Gasteiger partial charge < -0.3 is 4.74 Å². The zero-order valence-electron chi connectivity index (χ0n) is 15.3. The molecule has 0 amide bonds. The molecule has 0 saturated carbocycles. The molecular weight excluding hydrogens is 380 g/mol. The molecule has 0 atom stereocenters. The van der Waals surface area contributed by atoms with E-state index in [2.05, 4.69) is 10.2 Å². The van der Waals surface area contributed by atoms with Crippen LogP contribution in [0.25, 0.3) is 16.7 Å². The van der Waals surface area contributed by atoms with E-state index in [9.17, 15) is 9.59 Å². The Bertz CT molecular complexity index is 1260. The predicted octanol–water partition coefficient (Wildman–Crippen LogP) is 2.83. The zero-order chi connectivity index (χ0) is 19.8. The maximum atomic E-state index is 12.6. The molecule has 0 aliphatic rings. The summed E-state index contributed by atoms with van der Waals surface area (Å²) in [6.45, 7) is 1.88. The topological polar surface area (TPSA) is 78.5 Å². The third kappa shape index (κ3) is 3.25. The number of nitrogens with zero attached hydrogens (tertiary/aromatic N) is 4. The van der Waals surface area contributed by atoms with Crippen LogP contribution in [0.5, 0.6) is 0 Å². The van der Waals surface area contributed by atoms with E-state index in [-0.39, 0.29) is 24.6 Å². The smallest absolute Gasteiger partial charge is 0.310 e. The number of hydrogen-bond donors (Lipinski definition) is 0. The third-order valence-corrected chi connectivity index (χ3v) is 4.82. The van der Waals surface area contributed by atoms with Crippen LogP contribution < -0.4 is 5.56 Å². The van der Waals surface area contributed by atoms with Gasteiger partial charge in [0.2, 0.25) is 5.78 Å². The molecule has 0 radical (unpaired) electrons. The molecule has 0 bridgehead atoms. The molecule has 2 aromatic carbocycles. The Kier molecular flexibility index (Phi) is 4.60. The first-order valence-electron chi connectivity index (χ1n) is 8.67. The van der Waals surface area contributed by atoms with Gasteiger partial charge in [-0.2, -0.15) is 0 Å². The van der Waals surface area contributed by atoms with Crippen molar-refractivity contribution in [3.8, 4) is 0 Å². The average molecular weight is 397 g/mol. The van der Waals surface area contributed by atoms with Gasteiger partial charge >= 0.3 is 5.97 Å². The van der Waals surface area contributed by atoms with Gasteiger partial charge in [-0.15, -0.1) is 10.2 Å². The summed E-state index contributed by atoms with van der Waals surface area (Å²) in [5.74, 6) is 0.457. The van der Waals surface area contributed by atoms with Crippen LogP contribution in [0.2, 0.25) is 5.02 Å². The van der Waals surface area contributed by atoms with E-state index in [1.54, 1.807) is 35.7 Å². The van der Waals surface area contributed by atoms with E-state index < -0.39 is 0 Å². The first-order chi connectivity index (χ1) is 13.4. The molecule has 2 aromatic heterocycles. The number of halogens is 1. The van der Waals surface area contributed by atoms with Gasteiger partial charge in [-0.25, -0.2) is 0 Å². The van der Waals surface area contributed by atoms with Crippen molar-refractivity contribution in [2.75, 3.05) is 0 Å². The van der Waals surface area contributed by atoms with Crippen LogP contribution in [-0.4, -0.2) is 25.1 Å². The summed E-state index contributed by atoms with van der Waals surface area (Å²) in [4.78, 5) is 24.8. The van der Waals surface area contributed by atoms with Crippen molar-refractivity contribution in [2.45, 2.75) is 20.0 Å². The van der Waals surface area contributed by atoms with Crippen molar-refractivity contribution in [3.63, 3.8) is 0 Å². The van der Waals surface area contributed by atoms with Crippen molar-refractivity contribution < 1.29 is 9.53 Å². The van der Waals surface area contributed by atoms with Crippen LogP contribution in [0.1, 0.15) is 17.0 Å². The minimum Gasteiger partial charge on any atom is -0.457 e. The normalized spacial score (nSPS) is 11.2. The Labute approximate surface area is 165 Å². The maximum absolute atomic E-state index is 12.6. The number of rotatable bonds is 4. The summed E-state index contributed by atoms with van der Waals surface area (Å²) in [6, 6.07) is 12.6. The molecule has 0 fully saturated rings. The molecule has 7 nitrogen and oxygen atoms in total. The molecule has 2 heterocycles. The third-order valence-electron chi connectivity index (χ3n) is 4.56. The predicted molar refractivity (Wildman–Crippen MR) is 105 cm³/mol. The lowest BCUT2D eigenvalue weighted by atomic mass is 10.1. The van der Waals surface area contributed by atoms with Gasteiger partial charge in [-0.1, -0.05) is 35.4 Å². The number of ether oxygens (including phenoxy) is 1. The lowest BCUT2D eigenvalue weighted by molar-refractivity contribution is -0.144. The van der Waals surface area contributed by atoms with Gasteiger partial charge in [0, 0.05) is 12.1 Å². The SMILES string of the molecule is Cc1ccc2c(c1)c(=O)n(C)c1nnc(COC(=O)Cc3ccc(Cl)cc3)n21. The fourth-order valence-corrected chi connectivity index (χ4v) is 3.24. The summed E-state index contributed by atoms with van der Waals surface area (Å²) in [6.07, 6.45) is 0.131. The number of carbonyl (C=O) groups excluding carboxylic acids is 1. The van der Waals surface area contributed by atoms with Crippen molar-refractivity contribution >= 4 is 34.3 Å². The van der Waals surface area contributed by atoms with Gasteiger partial charge in [0.1, 0.15) is 0 Å². The molecule has 0 spiro atoms. The number of esters is 1. The van der Waals surface area contributed by atoms with E-state index in [0.29, 0.717) is 27.5 Å². The van der Waals surface area contributed by atoms with E-state index in [1.165, 1.54) is 4.57 Å². The largest absolute Gasteiger partial charge is 0.457 e. The minimum atomic E-state index is -0.385. The standard InChI is InChI=1S/C20H17ClN4O3/c1-12-3-8-16-15(9-12)19(27)24(2)20-23-22-17(25(16)20)11-28-18(26)10-13-4-6-14(21)7-5-13/h3-9H,10-11H2,1-2H3. The molecule has 0 aliphatic heterocycles. The van der Waals surface area contributed by atoms with Crippen LogP contribution in [0.15, 0.2) is 47.3 Å². The molecule has 8 heteroatoms. The van der Waals surface area contributed by atoms with Gasteiger partial charge in [0.25, 0.3) is 5.56 Å². The van der Waals surface area contributed by atoms with E-state index in [1.807, 2.05) is 25.1 Å². The Hall–Kier alpha value is -3.19. The Morgan fingerprint density at radius 3 is 2.64 bits per heavy atom. The average Bonchev–Trinajstić information content (AvgIpc) is 3.10. The number of fused-ring (bicyclic) bond motifs is 3. The molecule has 0 saturated heterocycles. The van der Waals surface area contributed by atoms with Gasteiger partial charge in [0.15, 0.2) is 12.4 Å². The summed E-state index contributed by atoms with van der Waals surface area (Å²) in [5, 5.41) is 9.38. The second-order valence-corrected chi connectivity index (χ2v) is 7.04. The molecular formula is C20H17ClN4O3. The minimum absolute atomic E-state index is 0.0469. The second kappa shape index (κ2) is 7.09. The monoisotopic (exact) mass is 396 g/mol. The van der Waals surface area contributed by atoms with E-state index in [4.69, 9.17) is 16.3 Å². The molecule has 4 rings (SSSR count). The molecule has 28 heavy (non-hydrogen) atoms. The van der Waals surface area contributed by atoms with Gasteiger partial charge in [-0.3, -0.25) is 18.6 Å². The number of aromatic nitrogens is 4. The van der Waals surface area contributed by atoms with Crippen molar-refractivity contribution in [2.24, 2.45) is 7.05 Å². The number of carbonyl (C=O) groups is 1. The summed E-state index contributed by atoms with van der Waals surface area (Å²) < 4.78 is 8.57. The fourth-order valence-electron chi connectivity index (χ4n) is 3.12. The lowest BCUT2D eigenvalue weighted by Gasteiger charge is -2.09. The van der Waals surface area contributed by atoms with Crippen LogP contribution in [0.4, 0.5) is 0 Å². The van der Waals surface area contributed by atoms with Crippen LogP contribution in [0.3, 0.4) is 0 Å². The first kappa shape index (κ1) is 18.2. The number of aryl methyl sites for hydroxylation is 2. The molecule has 0 unspecified atom stereocenters. The summed E-state index contributed by atoms with van der Waals surface area (Å²) >= 11 is 5.86. The van der Waals surface area contributed by atoms with Gasteiger partial charge in [0.05, 0.1) is 17.3 Å². The zero-order valence-corrected chi connectivity index (χ0v) is 16.1. The Morgan fingerprint density at radius 2 is 1.89 bits per heavy atom. The lowest BCUT2D eigenvalue weighted by Crippen LogP contribution is -2.20. The van der Waals surface area contributed by atoms with Crippen molar-refractivity contribution in [1.29, 1.82) is 0 Å². The highest BCUT2D eigenvalue weighted by Crippen LogP contribution is 2.16. The molecule has 142 valence electrons. The molecule has 4 aromatic rings.